The number of furan rings is 1. The average Bonchev–Trinajstić information content (AvgIpc) is 3.73. The number of anilines is 1. The molecule has 0 saturated carbocycles. The molecule has 0 radical (unpaired) electrons. The maximum absolute atomic E-state index is 14.0. The van der Waals surface area contributed by atoms with Gasteiger partial charge in [0.2, 0.25) is 10.9 Å². The molecule has 43 heavy (non-hydrogen) atoms. The van der Waals surface area contributed by atoms with Gasteiger partial charge in [0, 0.05) is 16.2 Å². The molecule has 9 nitrogen and oxygen atoms in total. The zero-order chi connectivity index (χ0) is 30.1. The lowest BCUT2D eigenvalue weighted by Gasteiger charge is -2.24. The number of Topliss-reactive ketones (excluding diaryl/α,β-unsaturated/α-hetero) is 1. The lowest BCUT2D eigenvalue weighted by Crippen LogP contribution is -2.31. The summed E-state index contributed by atoms with van der Waals surface area (Å²) in [5.41, 5.74) is 1.76. The highest BCUT2D eigenvalue weighted by Gasteiger charge is 2.47. The van der Waals surface area contributed by atoms with Gasteiger partial charge >= 0.3 is 0 Å². The molecule has 3 heterocycles. The number of para-hydroxylation sites is 1. The molecule has 0 bridgehead atoms. The molecule has 1 amide bonds. The molecule has 0 aliphatic carbocycles. The Morgan fingerprint density at radius 2 is 1.91 bits per heavy atom. The monoisotopic (exact) mass is 633 g/mol. The number of halogens is 1. The van der Waals surface area contributed by atoms with Crippen molar-refractivity contribution in [1.29, 1.82) is 0 Å². The van der Waals surface area contributed by atoms with Crippen molar-refractivity contribution in [2.45, 2.75) is 23.1 Å². The number of carbonyl (C=O) groups is 2. The first-order valence-corrected chi connectivity index (χ1v) is 15.4. The lowest BCUT2D eigenvalue weighted by atomic mass is 9.95. The maximum Gasteiger partial charge on any atom is 0.296 e. The molecule has 1 unspecified atom stereocenters. The summed E-state index contributed by atoms with van der Waals surface area (Å²) in [6, 6.07) is 20.3. The van der Waals surface area contributed by atoms with Crippen molar-refractivity contribution < 1.29 is 28.6 Å². The normalized spacial score (nSPS) is 15.0. The van der Waals surface area contributed by atoms with Crippen LogP contribution in [0.15, 0.2) is 92.9 Å². The highest BCUT2D eigenvalue weighted by molar-refractivity contribution is 8.00. The van der Waals surface area contributed by atoms with Gasteiger partial charge in [0.05, 0.1) is 25.3 Å². The Hall–Kier alpha value is -4.32. The predicted octanol–water partition coefficient (Wildman–Crippen LogP) is 7.42. The van der Waals surface area contributed by atoms with Gasteiger partial charge in [0.15, 0.2) is 27.2 Å². The van der Waals surface area contributed by atoms with Crippen LogP contribution in [0.1, 0.15) is 34.6 Å². The summed E-state index contributed by atoms with van der Waals surface area (Å²) in [6.45, 7) is 2.36. The number of nitrogens with zero attached hydrogens (tertiary/aromatic N) is 3. The van der Waals surface area contributed by atoms with Crippen molar-refractivity contribution in [2.75, 3.05) is 18.6 Å². The Morgan fingerprint density at radius 3 is 2.65 bits per heavy atom. The van der Waals surface area contributed by atoms with E-state index >= 15 is 0 Å². The molecule has 6 rings (SSSR count). The largest absolute Gasteiger partial charge is 0.503 e. The van der Waals surface area contributed by atoms with Crippen LogP contribution >= 0.6 is 34.7 Å². The van der Waals surface area contributed by atoms with Crippen LogP contribution in [0.2, 0.25) is 5.02 Å². The van der Waals surface area contributed by atoms with Crippen molar-refractivity contribution in [2.24, 2.45) is 0 Å². The van der Waals surface area contributed by atoms with Gasteiger partial charge in [-0.3, -0.25) is 14.5 Å². The van der Waals surface area contributed by atoms with Crippen LogP contribution in [0.25, 0.3) is 11.0 Å². The van der Waals surface area contributed by atoms with Crippen molar-refractivity contribution in [1.82, 2.24) is 10.2 Å². The lowest BCUT2D eigenvalue weighted by molar-refractivity contribution is -0.117. The molecular weight excluding hydrogens is 610 g/mol. The van der Waals surface area contributed by atoms with Crippen LogP contribution in [0.4, 0.5) is 5.13 Å². The van der Waals surface area contributed by atoms with E-state index in [4.69, 9.17) is 25.5 Å². The van der Waals surface area contributed by atoms with E-state index in [-0.39, 0.29) is 16.5 Å². The Labute approximate surface area is 259 Å². The number of thioether (sulfide) groups is 1. The van der Waals surface area contributed by atoms with Crippen molar-refractivity contribution in [3.63, 3.8) is 0 Å². The molecule has 12 heteroatoms. The molecule has 1 atom stereocenters. The predicted molar refractivity (Wildman–Crippen MR) is 166 cm³/mol. The number of ketones is 1. The number of fused-ring (bicyclic) bond motifs is 1. The molecule has 1 aliphatic rings. The molecule has 2 aromatic heterocycles. The van der Waals surface area contributed by atoms with E-state index in [1.165, 1.54) is 35.1 Å². The van der Waals surface area contributed by atoms with E-state index in [1.807, 2.05) is 31.2 Å². The zero-order valence-corrected chi connectivity index (χ0v) is 25.3. The first kappa shape index (κ1) is 28.8. The fourth-order valence-corrected chi connectivity index (χ4v) is 6.97. The molecule has 0 fully saturated rings. The molecule has 3 aromatic carbocycles. The van der Waals surface area contributed by atoms with E-state index in [9.17, 15) is 14.7 Å². The van der Waals surface area contributed by atoms with E-state index in [0.717, 1.165) is 5.56 Å². The Morgan fingerprint density at radius 1 is 1.12 bits per heavy atom. The minimum Gasteiger partial charge on any atom is -0.503 e. The summed E-state index contributed by atoms with van der Waals surface area (Å²) in [6.07, 6.45) is 0. The average molecular weight is 634 g/mol. The smallest absolute Gasteiger partial charge is 0.296 e. The Bertz CT molecular complexity index is 1870. The summed E-state index contributed by atoms with van der Waals surface area (Å²) in [5, 5.41) is 21.2. The van der Waals surface area contributed by atoms with E-state index < -0.39 is 23.5 Å². The quantitative estimate of drug-likeness (QED) is 0.0953. The third-order valence-corrected chi connectivity index (χ3v) is 9.30. The van der Waals surface area contributed by atoms with Crippen LogP contribution in [-0.4, -0.2) is 40.7 Å². The number of aliphatic hydroxyl groups is 1. The molecule has 1 N–H and O–H groups in total. The van der Waals surface area contributed by atoms with Crippen LogP contribution < -0.4 is 14.4 Å². The number of hydrogen-bond acceptors (Lipinski definition) is 10. The second kappa shape index (κ2) is 12.1. The van der Waals surface area contributed by atoms with Crippen LogP contribution in [-0.2, 0) is 10.5 Å². The van der Waals surface area contributed by atoms with Gasteiger partial charge in [-0.25, -0.2) is 0 Å². The van der Waals surface area contributed by atoms with Gasteiger partial charge in [0.1, 0.15) is 5.75 Å². The molecule has 0 spiro atoms. The summed E-state index contributed by atoms with van der Waals surface area (Å²) in [4.78, 5) is 28.9. The van der Waals surface area contributed by atoms with Crippen LogP contribution in [0.3, 0.4) is 0 Å². The Kier molecular flexibility index (Phi) is 8.11. The Balaban J connectivity index is 1.37. The zero-order valence-electron chi connectivity index (χ0n) is 22.9. The van der Waals surface area contributed by atoms with Crippen molar-refractivity contribution in [3.8, 4) is 11.5 Å². The minimum absolute atomic E-state index is 0.0418. The minimum atomic E-state index is -1.000. The molecule has 1 aliphatic heterocycles. The summed E-state index contributed by atoms with van der Waals surface area (Å²) in [7, 11) is 1.51. The van der Waals surface area contributed by atoms with E-state index in [2.05, 4.69) is 10.2 Å². The topological polar surface area (TPSA) is 115 Å². The summed E-state index contributed by atoms with van der Waals surface area (Å²) in [5.74, 6) is -0.498. The van der Waals surface area contributed by atoms with Crippen molar-refractivity contribution in [3.05, 3.63) is 106 Å². The molecule has 218 valence electrons. The van der Waals surface area contributed by atoms with Gasteiger partial charge in [-0.15, -0.1) is 10.2 Å². The fraction of sp³-hybridized carbons (Fsp3) is 0.161. The second-order valence-corrected chi connectivity index (χ2v) is 12.0. The third-order valence-electron chi connectivity index (χ3n) is 6.82. The van der Waals surface area contributed by atoms with E-state index in [0.29, 0.717) is 49.8 Å². The maximum atomic E-state index is 14.0. The summed E-state index contributed by atoms with van der Waals surface area (Å²) < 4.78 is 17.5. The number of benzene rings is 3. The number of aromatic nitrogens is 2. The van der Waals surface area contributed by atoms with E-state index in [1.54, 1.807) is 48.5 Å². The van der Waals surface area contributed by atoms with Crippen LogP contribution in [0.5, 0.6) is 11.5 Å². The number of hydrogen-bond donors (Lipinski definition) is 1. The number of aliphatic hydroxyl groups excluding tert-OH is 1. The second-order valence-electron chi connectivity index (χ2n) is 9.39. The number of carbonyl (C=O) groups excluding carboxylic acids is 2. The van der Waals surface area contributed by atoms with Crippen molar-refractivity contribution >= 4 is 62.5 Å². The van der Waals surface area contributed by atoms with Gasteiger partial charge in [-0.05, 0) is 48.4 Å². The molecular formula is C31H24ClN3O6S2. The number of amides is 1. The third kappa shape index (κ3) is 5.47. The van der Waals surface area contributed by atoms with Gasteiger partial charge in [-0.2, -0.15) is 0 Å². The number of rotatable bonds is 10. The van der Waals surface area contributed by atoms with Gasteiger partial charge < -0.3 is 19.0 Å². The highest BCUT2D eigenvalue weighted by Crippen LogP contribution is 2.45. The first-order valence-electron chi connectivity index (χ1n) is 13.2. The number of ether oxygens (including phenoxy) is 2. The number of methoxy groups -OCH3 is 1. The molecule has 0 saturated heterocycles. The summed E-state index contributed by atoms with van der Waals surface area (Å²) >= 11 is 8.90. The standard InChI is InChI=1S/C31H24ClN3O6S2/c1-3-40-20-13-11-17(12-14-20)25-24(26(36)23-15-18-8-6-10-22(39-2)28(18)41-23)27(37)29(38)35(25)30-33-34-31(43-30)42-16-19-7-4-5-9-21(19)32/h4-15,25,37H,3,16H2,1-2H3. The molecule has 5 aromatic rings. The van der Waals surface area contributed by atoms with Crippen LogP contribution in [0, 0.1) is 0 Å². The fourth-order valence-electron chi connectivity index (χ4n) is 4.82. The first-order chi connectivity index (χ1) is 20.9. The highest BCUT2D eigenvalue weighted by atomic mass is 35.5. The van der Waals surface area contributed by atoms with Gasteiger partial charge in [0.25, 0.3) is 5.91 Å². The van der Waals surface area contributed by atoms with Gasteiger partial charge in [-0.1, -0.05) is 77.2 Å². The SMILES string of the molecule is CCOc1ccc(C2C(C(=O)c3cc4cccc(OC)c4o3)=C(O)C(=O)N2c2nnc(SCc3ccccc3Cl)s2)cc1.